The Balaban J connectivity index is 2.59. The lowest BCUT2D eigenvalue weighted by atomic mass is 10.3. The first kappa shape index (κ1) is 9.15. The van der Waals surface area contributed by atoms with Crippen molar-refractivity contribution in [2.45, 2.75) is 0 Å². The molecule has 0 saturated heterocycles. The third kappa shape index (κ3) is 1.48. The van der Waals surface area contributed by atoms with Crippen LogP contribution in [0.2, 0.25) is 0 Å². The Morgan fingerprint density at radius 2 is 2.21 bits per heavy atom. The van der Waals surface area contributed by atoms with E-state index in [1.807, 2.05) is 37.2 Å². The summed E-state index contributed by atoms with van der Waals surface area (Å²) in [6.45, 7) is 0. The fraction of sp³-hybridized carbons (Fsp3) is 0.200. The highest BCUT2D eigenvalue weighted by Crippen LogP contribution is 2.24. The standard InChI is InChI=1S/C10H10N2OS/c1-12(2)7-3-4-9-8(5-7)11-10(6-13)14-9/h3-6H,1-2H3. The molecule has 1 heterocycles. The second-order valence-electron chi connectivity index (χ2n) is 3.22. The van der Waals surface area contributed by atoms with E-state index in [4.69, 9.17) is 0 Å². The third-order valence-corrected chi connectivity index (χ3v) is 2.97. The maximum atomic E-state index is 10.5. The van der Waals surface area contributed by atoms with Gasteiger partial charge in [-0.05, 0) is 18.2 Å². The van der Waals surface area contributed by atoms with Crippen LogP contribution in [0.1, 0.15) is 9.80 Å². The van der Waals surface area contributed by atoms with Crippen LogP contribution in [0.5, 0.6) is 0 Å². The molecule has 0 fully saturated rings. The highest BCUT2D eigenvalue weighted by Gasteiger charge is 2.04. The molecule has 0 N–H and O–H groups in total. The van der Waals surface area contributed by atoms with Crippen molar-refractivity contribution in [1.29, 1.82) is 0 Å². The van der Waals surface area contributed by atoms with Crippen LogP contribution in [0, 0.1) is 0 Å². The summed E-state index contributed by atoms with van der Waals surface area (Å²) < 4.78 is 1.05. The molecule has 2 rings (SSSR count). The van der Waals surface area contributed by atoms with Crippen LogP contribution in [0.15, 0.2) is 18.2 Å². The molecule has 72 valence electrons. The first-order valence-electron chi connectivity index (χ1n) is 4.24. The van der Waals surface area contributed by atoms with Gasteiger partial charge in [-0.1, -0.05) is 0 Å². The Hall–Kier alpha value is -1.42. The molecule has 2 aromatic rings. The van der Waals surface area contributed by atoms with Crippen molar-refractivity contribution in [3.8, 4) is 0 Å². The maximum absolute atomic E-state index is 10.5. The van der Waals surface area contributed by atoms with Crippen LogP contribution in [0.3, 0.4) is 0 Å². The van der Waals surface area contributed by atoms with Gasteiger partial charge >= 0.3 is 0 Å². The first-order chi connectivity index (χ1) is 6.70. The van der Waals surface area contributed by atoms with E-state index in [1.54, 1.807) is 0 Å². The quantitative estimate of drug-likeness (QED) is 0.706. The van der Waals surface area contributed by atoms with E-state index in [0.29, 0.717) is 5.01 Å². The smallest absolute Gasteiger partial charge is 0.178 e. The Labute approximate surface area is 86.0 Å². The van der Waals surface area contributed by atoms with E-state index in [-0.39, 0.29) is 0 Å². The average Bonchev–Trinajstić information content (AvgIpc) is 2.58. The Bertz CT molecular complexity index is 476. The van der Waals surface area contributed by atoms with Crippen molar-refractivity contribution in [1.82, 2.24) is 4.98 Å². The minimum Gasteiger partial charge on any atom is -0.378 e. The zero-order valence-electron chi connectivity index (χ0n) is 8.02. The number of carbonyl (C=O) groups excluding carboxylic acids is 1. The molecule has 0 amide bonds. The predicted octanol–water partition coefficient (Wildman–Crippen LogP) is 2.17. The van der Waals surface area contributed by atoms with E-state index in [1.165, 1.54) is 11.3 Å². The molecule has 14 heavy (non-hydrogen) atoms. The minimum absolute atomic E-state index is 0.538. The number of fused-ring (bicyclic) bond motifs is 1. The summed E-state index contributed by atoms with van der Waals surface area (Å²) >= 11 is 1.42. The highest BCUT2D eigenvalue weighted by molar-refractivity contribution is 7.20. The van der Waals surface area contributed by atoms with Crippen molar-refractivity contribution in [3.63, 3.8) is 0 Å². The summed E-state index contributed by atoms with van der Waals surface area (Å²) in [7, 11) is 3.96. The number of hydrogen-bond donors (Lipinski definition) is 0. The van der Waals surface area contributed by atoms with Crippen LogP contribution >= 0.6 is 11.3 Å². The van der Waals surface area contributed by atoms with E-state index in [9.17, 15) is 4.79 Å². The monoisotopic (exact) mass is 206 g/mol. The summed E-state index contributed by atoms with van der Waals surface area (Å²) in [4.78, 5) is 16.7. The van der Waals surface area contributed by atoms with Crippen molar-refractivity contribution < 1.29 is 4.79 Å². The highest BCUT2D eigenvalue weighted by atomic mass is 32.1. The van der Waals surface area contributed by atoms with Crippen molar-refractivity contribution in [2.24, 2.45) is 0 Å². The summed E-state index contributed by atoms with van der Waals surface area (Å²) in [6, 6.07) is 6.00. The summed E-state index contributed by atoms with van der Waals surface area (Å²) in [5.41, 5.74) is 1.99. The van der Waals surface area contributed by atoms with Gasteiger partial charge in [0.1, 0.15) is 0 Å². The molecule has 0 radical (unpaired) electrons. The van der Waals surface area contributed by atoms with Crippen molar-refractivity contribution in [2.75, 3.05) is 19.0 Å². The zero-order chi connectivity index (χ0) is 10.1. The number of benzene rings is 1. The maximum Gasteiger partial charge on any atom is 0.178 e. The predicted molar refractivity (Wildman–Crippen MR) is 59.3 cm³/mol. The second kappa shape index (κ2) is 3.38. The van der Waals surface area contributed by atoms with Crippen LogP contribution in [-0.4, -0.2) is 25.4 Å². The van der Waals surface area contributed by atoms with Crippen LogP contribution < -0.4 is 4.90 Å². The molecule has 0 aliphatic carbocycles. The normalized spacial score (nSPS) is 10.4. The molecule has 0 atom stereocenters. The molecule has 1 aromatic carbocycles. The number of nitrogens with zero attached hydrogens (tertiary/aromatic N) is 2. The zero-order valence-corrected chi connectivity index (χ0v) is 8.84. The Morgan fingerprint density at radius 3 is 2.86 bits per heavy atom. The van der Waals surface area contributed by atoms with Gasteiger partial charge in [0, 0.05) is 19.8 Å². The molecule has 4 heteroatoms. The molecular formula is C10H10N2OS. The van der Waals surface area contributed by atoms with E-state index in [0.717, 1.165) is 22.2 Å². The molecular weight excluding hydrogens is 196 g/mol. The lowest BCUT2D eigenvalue weighted by molar-refractivity contribution is 0.112. The SMILES string of the molecule is CN(C)c1ccc2sc(C=O)nc2c1. The fourth-order valence-corrected chi connectivity index (χ4v) is 2.02. The van der Waals surface area contributed by atoms with Gasteiger partial charge in [0.05, 0.1) is 10.2 Å². The molecule has 0 spiro atoms. The number of aromatic nitrogens is 1. The van der Waals surface area contributed by atoms with Crippen molar-refractivity contribution >= 4 is 33.5 Å². The summed E-state index contributed by atoms with van der Waals surface area (Å²) in [6.07, 6.45) is 0.792. The minimum atomic E-state index is 0.538. The number of thiazole rings is 1. The van der Waals surface area contributed by atoms with Gasteiger partial charge in [0.15, 0.2) is 11.3 Å². The second-order valence-corrected chi connectivity index (χ2v) is 4.28. The van der Waals surface area contributed by atoms with Crippen LogP contribution in [0.25, 0.3) is 10.2 Å². The van der Waals surface area contributed by atoms with Crippen molar-refractivity contribution in [3.05, 3.63) is 23.2 Å². The average molecular weight is 206 g/mol. The number of rotatable bonds is 2. The van der Waals surface area contributed by atoms with E-state index in [2.05, 4.69) is 4.98 Å². The number of anilines is 1. The molecule has 3 nitrogen and oxygen atoms in total. The largest absolute Gasteiger partial charge is 0.378 e. The molecule has 0 aliphatic heterocycles. The molecule has 0 unspecified atom stereocenters. The lowest BCUT2D eigenvalue weighted by Crippen LogP contribution is -2.07. The third-order valence-electron chi connectivity index (χ3n) is 2.00. The topological polar surface area (TPSA) is 33.2 Å². The molecule has 0 saturated carbocycles. The first-order valence-corrected chi connectivity index (χ1v) is 5.05. The van der Waals surface area contributed by atoms with Gasteiger partial charge in [-0.3, -0.25) is 4.79 Å². The van der Waals surface area contributed by atoms with Gasteiger partial charge < -0.3 is 4.90 Å². The summed E-state index contributed by atoms with van der Waals surface area (Å²) in [5, 5.41) is 0.538. The number of aldehydes is 1. The number of carbonyl (C=O) groups is 1. The van der Waals surface area contributed by atoms with Gasteiger partial charge in [0.25, 0.3) is 0 Å². The summed E-state index contributed by atoms with van der Waals surface area (Å²) in [5.74, 6) is 0. The molecule has 0 bridgehead atoms. The molecule has 1 aromatic heterocycles. The van der Waals surface area contributed by atoms with Crippen LogP contribution in [-0.2, 0) is 0 Å². The van der Waals surface area contributed by atoms with Gasteiger partial charge in [-0.2, -0.15) is 0 Å². The lowest BCUT2D eigenvalue weighted by Gasteiger charge is -2.11. The fourth-order valence-electron chi connectivity index (χ4n) is 1.26. The Morgan fingerprint density at radius 1 is 1.43 bits per heavy atom. The number of hydrogen-bond acceptors (Lipinski definition) is 4. The Kier molecular flexibility index (Phi) is 2.21. The van der Waals surface area contributed by atoms with E-state index < -0.39 is 0 Å². The van der Waals surface area contributed by atoms with Crippen LogP contribution in [0.4, 0.5) is 5.69 Å². The van der Waals surface area contributed by atoms with E-state index >= 15 is 0 Å². The van der Waals surface area contributed by atoms with Gasteiger partial charge in [0.2, 0.25) is 0 Å². The van der Waals surface area contributed by atoms with Gasteiger partial charge in [-0.15, -0.1) is 11.3 Å². The van der Waals surface area contributed by atoms with Gasteiger partial charge in [-0.25, -0.2) is 4.98 Å². The molecule has 0 aliphatic rings.